The summed E-state index contributed by atoms with van der Waals surface area (Å²) in [6.45, 7) is 2.15. The number of likely N-dealkylation sites (tertiary alicyclic amines) is 1. The molecule has 1 saturated carbocycles. The summed E-state index contributed by atoms with van der Waals surface area (Å²) in [7, 11) is 0. The number of nitrogens with one attached hydrogen (secondary N) is 1. The average Bonchev–Trinajstić information content (AvgIpc) is 3.33. The van der Waals surface area contributed by atoms with Crippen LogP contribution in [0.5, 0.6) is 0 Å². The molecule has 7 heteroatoms. The largest absolute Gasteiger partial charge is 0.464 e. The van der Waals surface area contributed by atoms with Gasteiger partial charge in [0, 0.05) is 29.1 Å². The van der Waals surface area contributed by atoms with Crippen LogP contribution in [0, 0.1) is 11.7 Å². The highest BCUT2D eigenvalue weighted by Gasteiger charge is 2.55. The van der Waals surface area contributed by atoms with Crippen molar-refractivity contribution in [1.29, 1.82) is 0 Å². The molecule has 1 N–H and O–H groups in total. The van der Waals surface area contributed by atoms with Crippen LogP contribution in [0.3, 0.4) is 0 Å². The van der Waals surface area contributed by atoms with Crippen LogP contribution in [0.4, 0.5) is 4.39 Å². The molecule has 4 aromatic rings. The molecule has 2 aliphatic rings. The number of carbonyl (C=O) groups is 2. The molecule has 1 saturated heterocycles. The van der Waals surface area contributed by atoms with Crippen molar-refractivity contribution in [3.05, 3.63) is 94.5 Å². The SMILES string of the molecule is CCc1ccc(-c2cc(CC(=O)N3[C@@H]4C[C@@H]4C[C@H]3C(=O)NCc3cccc(Cl)c3F)cc3ccoc23)cc1. The first-order valence-electron chi connectivity index (χ1n) is 13.0. The molecule has 1 aliphatic heterocycles. The topological polar surface area (TPSA) is 62.6 Å². The summed E-state index contributed by atoms with van der Waals surface area (Å²) in [4.78, 5) is 28.5. The van der Waals surface area contributed by atoms with E-state index in [0.717, 1.165) is 40.5 Å². The fraction of sp³-hybridized carbons (Fsp3) is 0.290. The van der Waals surface area contributed by atoms with Crippen LogP contribution >= 0.6 is 11.6 Å². The van der Waals surface area contributed by atoms with Gasteiger partial charge in [0.15, 0.2) is 0 Å². The molecule has 0 bridgehead atoms. The molecule has 6 rings (SSSR count). The molecule has 2 fully saturated rings. The van der Waals surface area contributed by atoms with Crippen LogP contribution in [0.2, 0.25) is 5.02 Å². The fourth-order valence-electron chi connectivity index (χ4n) is 5.68. The Balaban J connectivity index is 1.21. The van der Waals surface area contributed by atoms with E-state index in [0.29, 0.717) is 17.9 Å². The van der Waals surface area contributed by atoms with Crippen molar-refractivity contribution in [2.24, 2.45) is 5.92 Å². The van der Waals surface area contributed by atoms with Crippen molar-refractivity contribution in [3.8, 4) is 11.1 Å². The van der Waals surface area contributed by atoms with E-state index in [2.05, 4.69) is 36.5 Å². The van der Waals surface area contributed by atoms with Crippen LogP contribution in [0.25, 0.3) is 22.1 Å². The summed E-state index contributed by atoms with van der Waals surface area (Å²) < 4.78 is 20.1. The lowest BCUT2D eigenvalue weighted by Gasteiger charge is -2.27. The number of fused-ring (bicyclic) bond motifs is 2. The number of carbonyl (C=O) groups excluding carboxylic acids is 2. The summed E-state index contributed by atoms with van der Waals surface area (Å²) in [5.74, 6) is -0.515. The van der Waals surface area contributed by atoms with Gasteiger partial charge in [-0.25, -0.2) is 4.39 Å². The van der Waals surface area contributed by atoms with Gasteiger partial charge in [0.1, 0.15) is 17.4 Å². The number of halogens is 2. The Morgan fingerprint density at radius 1 is 1.08 bits per heavy atom. The van der Waals surface area contributed by atoms with E-state index < -0.39 is 11.9 Å². The van der Waals surface area contributed by atoms with E-state index in [-0.39, 0.29) is 35.8 Å². The maximum atomic E-state index is 14.3. The first-order valence-corrected chi connectivity index (χ1v) is 13.4. The minimum Gasteiger partial charge on any atom is -0.464 e. The molecule has 0 unspecified atom stereocenters. The highest BCUT2D eigenvalue weighted by molar-refractivity contribution is 6.30. The molecule has 2 amide bonds. The van der Waals surface area contributed by atoms with Gasteiger partial charge in [-0.2, -0.15) is 0 Å². The van der Waals surface area contributed by atoms with Gasteiger partial charge in [0.05, 0.1) is 17.7 Å². The lowest BCUT2D eigenvalue weighted by Crippen LogP contribution is -2.48. The molecule has 0 spiro atoms. The van der Waals surface area contributed by atoms with Crippen molar-refractivity contribution < 1.29 is 18.4 Å². The summed E-state index contributed by atoms with van der Waals surface area (Å²) in [5.41, 5.74) is 5.22. The zero-order valence-electron chi connectivity index (χ0n) is 21.0. The highest BCUT2D eigenvalue weighted by Crippen LogP contribution is 2.48. The standard InChI is InChI=1S/C31H28ClFN2O3/c1-2-18-6-8-20(9-7-18)24-13-19(12-21-10-11-38-30(21)24)14-28(36)35-26-15-23(26)16-27(35)31(37)34-17-22-4-3-5-25(32)29(22)33/h3-13,23,26-27H,2,14-17H2,1H3,(H,34,37)/t23-,26-,27+/m1/s1. The number of hydrogen-bond acceptors (Lipinski definition) is 3. The third-order valence-corrected chi connectivity index (χ3v) is 8.11. The lowest BCUT2D eigenvalue weighted by atomic mass is 9.97. The van der Waals surface area contributed by atoms with Gasteiger partial charge in [0.2, 0.25) is 11.8 Å². The fourth-order valence-corrected chi connectivity index (χ4v) is 5.87. The minimum absolute atomic E-state index is 0.0194. The van der Waals surface area contributed by atoms with Crippen LogP contribution in [0.1, 0.15) is 36.5 Å². The van der Waals surface area contributed by atoms with Gasteiger partial charge in [-0.1, -0.05) is 54.9 Å². The quantitative estimate of drug-likeness (QED) is 0.305. The van der Waals surface area contributed by atoms with Gasteiger partial charge in [-0.3, -0.25) is 9.59 Å². The van der Waals surface area contributed by atoms with Gasteiger partial charge in [-0.15, -0.1) is 0 Å². The Bertz CT molecular complexity index is 1530. The summed E-state index contributed by atoms with van der Waals surface area (Å²) in [5, 5.41) is 3.77. The Hall–Kier alpha value is -3.64. The number of benzene rings is 3. The minimum atomic E-state index is -0.549. The number of amides is 2. The van der Waals surface area contributed by atoms with E-state index in [9.17, 15) is 14.0 Å². The smallest absolute Gasteiger partial charge is 0.243 e. The van der Waals surface area contributed by atoms with Crippen LogP contribution in [-0.2, 0) is 29.0 Å². The number of rotatable bonds is 7. The average molecular weight is 531 g/mol. The molecule has 0 radical (unpaired) electrons. The second-order valence-corrected chi connectivity index (χ2v) is 10.7. The van der Waals surface area contributed by atoms with E-state index in [1.807, 2.05) is 18.2 Å². The van der Waals surface area contributed by atoms with E-state index in [4.69, 9.17) is 16.0 Å². The Labute approximate surface area is 225 Å². The normalized spacial score (nSPS) is 20.0. The molecule has 3 atom stereocenters. The molecule has 3 aromatic carbocycles. The van der Waals surface area contributed by atoms with Crippen LogP contribution < -0.4 is 5.32 Å². The summed E-state index contributed by atoms with van der Waals surface area (Å²) >= 11 is 5.87. The van der Waals surface area contributed by atoms with Crippen molar-refractivity contribution in [1.82, 2.24) is 10.2 Å². The summed E-state index contributed by atoms with van der Waals surface area (Å²) in [6.07, 6.45) is 4.38. The van der Waals surface area contributed by atoms with Crippen LogP contribution in [0.15, 0.2) is 71.3 Å². The molecule has 194 valence electrons. The van der Waals surface area contributed by atoms with Crippen molar-refractivity contribution in [2.75, 3.05) is 0 Å². The molecule has 1 aromatic heterocycles. The third-order valence-electron chi connectivity index (χ3n) is 7.82. The predicted molar refractivity (Wildman–Crippen MR) is 145 cm³/mol. The molecular formula is C31H28ClFN2O3. The molecule has 38 heavy (non-hydrogen) atoms. The zero-order chi connectivity index (χ0) is 26.4. The van der Waals surface area contributed by atoms with Crippen molar-refractivity contribution >= 4 is 34.4 Å². The molecule has 1 aliphatic carbocycles. The second-order valence-electron chi connectivity index (χ2n) is 10.3. The number of nitrogens with zero attached hydrogens (tertiary/aromatic N) is 1. The first kappa shape index (κ1) is 24.7. The van der Waals surface area contributed by atoms with E-state index in [1.165, 1.54) is 11.6 Å². The van der Waals surface area contributed by atoms with Gasteiger partial charge >= 0.3 is 0 Å². The van der Waals surface area contributed by atoms with Crippen LogP contribution in [-0.4, -0.2) is 28.8 Å². The van der Waals surface area contributed by atoms with Crippen molar-refractivity contribution in [3.63, 3.8) is 0 Å². The maximum Gasteiger partial charge on any atom is 0.243 e. The lowest BCUT2D eigenvalue weighted by molar-refractivity contribution is -0.139. The Kier molecular flexibility index (Phi) is 6.44. The molecule has 5 nitrogen and oxygen atoms in total. The number of piperidine rings is 1. The number of furan rings is 1. The Morgan fingerprint density at radius 2 is 1.89 bits per heavy atom. The predicted octanol–water partition coefficient (Wildman–Crippen LogP) is 6.30. The van der Waals surface area contributed by atoms with Gasteiger partial charge in [0.25, 0.3) is 0 Å². The second kappa shape index (κ2) is 9.91. The third kappa shape index (κ3) is 4.58. The van der Waals surface area contributed by atoms with Gasteiger partial charge < -0.3 is 14.6 Å². The van der Waals surface area contributed by atoms with E-state index >= 15 is 0 Å². The number of hydrogen-bond donors (Lipinski definition) is 1. The summed E-state index contributed by atoms with van der Waals surface area (Å²) in [6, 6.07) is 18.6. The molecular weight excluding hydrogens is 503 g/mol. The van der Waals surface area contributed by atoms with Gasteiger partial charge in [-0.05, 0) is 66.1 Å². The van der Waals surface area contributed by atoms with E-state index in [1.54, 1.807) is 23.3 Å². The van der Waals surface area contributed by atoms with Crippen molar-refractivity contribution in [2.45, 2.75) is 51.2 Å². The first-order chi connectivity index (χ1) is 18.4. The highest BCUT2D eigenvalue weighted by atomic mass is 35.5. The maximum absolute atomic E-state index is 14.3. The molecule has 2 heterocycles. The zero-order valence-corrected chi connectivity index (χ0v) is 21.8. The monoisotopic (exact) mass is 530 g/mol. The Morgan fingerprint density at radius 3 is 2.68 bits per heavy atom. The number of aryl methyl sites for hydroxylation is 1.